The van der Waals surface area contributed by atoms with E-state index in [0.29, 0.717) is 12.0 Å². The third kappa shape index (κ3) is 4.27. The predicted octanol–water partition coefficient (Wildman–Crippen LogP) is 4.36. The summed E-state index contributed by atoms with van der Waals surface area (Å²) < 4.78 is 2.06. The molecule has 2 aromatic rings. The minimum Gasteiger partial charge on any atom is -0.352 e. The van der Waals surface area contributed by atoms with Gasteiger partial charge in [0, 0.05) is 18.4 Å². The topological polar surface area (TPSA) is 46.9 Å². The largest absolute Gasteiger partial charge is 0.352 e. The van der Waals surface area contributed by atoms with Crippen LogP contribution >= 0.6 is 11.8 Å². The molecule has 0 aliphatic heterocycles. The van der Waals surface area contributed by atoms with Gasteiger partial charge < -0.3 is 5.32 Å². The van der Waals surface area contributed by atoms with Crippen molar-refractivity contribution >= 4 is 17.7 Å². The van der Waals surface area contributed by atoms with E-state index in [1.807, 2.05) is 25.3 Å². The molecule has 1 aromatic heterocycles. The van der Waals surface area contributed by atoms with E-state index in [0.717, 1.165) is 17.3 Å². The highest BCUT2D eigenvalue weighted by atomic mass is 32.2. The number of amides is 1. The van der Waals surface area contributed by atoms with Crippen molar-refractivity contribution in [2.24, 2.45) is 5.92 Å². The molecule has 1 heterocycles. The van der Waals surface area contributed by atoms with Gasteiger partial charge in [-0.15, -0.1) is 0 Å². The normalized spacial score (nSPS) is 21.7. The first kappa shape index (κ1) is 18.1. The Kier molecular flexibility index (Phi) is 5.84. The summed E-state index contributed by atoms with van der Waals surface area (Å²) in [5, 5.41) is 3.94. The SMILES string of the molecule is Cc1ccccc1-n1ccnc1S[C@H](C)C(=O)N[C@H]1CCCC[C@H]1C. The molecule has 1 N–H and O–H groups in total. The Morgan fingerprint density at radius 1 is 1.32 bits per heavy atom. The highest BCUT2D eigenvalue weighted by Crippen LogP contribution is 2.28. The van der Waals surface area contributed by atoms with E-state index < -0.39 is 0 Å². The van der Waals surface area contributed by atoms with Gasteiger partial charge in [-0.05, 0) is 44.2 Å². The van der Waals surface area contributed by atoms with Crippen molar-refractivity contribution in [1.29, 1.82) is 0 Å². The number of nitrogens with one attached hydrogen (secondary N) is 1. The summed E-state index contributed by atoms with van der Waals surface area (Å²) >= 11 is 1.52. The smallest absolute Gasteiger partial charge is 0.233 e. The lowest BCUT2D eigenvalue weighted by molar-refractivity contribution is -0.121. The summed E-state index contributed by atoms with van der Waals surface area (Å²) in [6, 6.07) is 8.54. The van der Waals surface area contributed by atoms with Crippen LogP contribution in [0.25, 0.3) is 5.69 Å². The van der Waals surface area contributed by atoms with Crippen LogP contribution in [0, 0.1) is 12.8 Å². The lowest BCUT2D eigenvalue weighted by Crippen LogP contribution is -2.44. The molecule has 134 valence electrons. The molecular weight excluding hydrogens is 330 g/mol. The number of aromatic nitrogens is 2. The standard InChI is InChI=1S/C20H27N3OS/c1-14-8-4-6-10-17(14)22-19(24)16(3)25-20-21-12-13-23(20)18-11-7-5-9-15(18)2/h5,7,9,11-14,16-17H,4,6,8,10H2,1-3H3,(H,22,24)/t14-,16-,17+/m1/s1. The van der Waals surface area contributed by atoms with Crippen molar-refractivity contribution in [3.63, 3.8) is 0 Å². The molecule has 1 aliphatic carbocycles. The van der Waals surface area contributed by atoms with Gasteiger partial charge in [-0.25, -0.2) is 4.98 Å². The maximum Gasteiger partial charge on any atom is 0.233 e. The van der Waals surface area contributed by atoms with Crippen molar-refractivity contribution in [2.45, 2.75) is 62.9 Å². The van der Waals surface area contributed by atoms with Crippen LogP contribution in [0.1, 0.15) is 45.1 Å². The minimum absolute atomic E-state index is 0.114. The van der Waals surface area contributed by atoms with E-state index in [9.17, 15) is 4.79 Å². The Hall–Kier alpha value is -1.75. The van der Waals surface area contributed by atoms with Crippen molar-refractivity contribution in [3.05, 3.63) is 42.2 Å². The van der Waals surface area contributed by atoms with E-state index in [1.54, 1.807) is 6.20 Å². The Labute approximate surface area is 154 Å². The number of thioether (sulfide) groups is 1. The Morgan fingerprint density at radius 2 is 2.08 bits per heavy atom. The molecule has 1 fully saturated rings. The molecule has 3 rings (SSSR count). The zero-order valence-corrected chi connectivity index (χ0v) is 16.1. The van der Waals surface area contributed by atoms with Gasteiger partial charge in [0.15, 0.2) is 5.16 Å². The van der Waals surface area contributed by atoms with Crippen LogP contribution < -0.4 is 5.32 Å². The quantitative estimate of drug-likeness (QED) is 0.809. The average molecular weight is 358 g/mol. The van der Waals surface area contributed by atoms with Gasteiger partial charge in [0.05, 0.1) is 10.9 Å². The van der Waals surface area contributed by atoms with Crippen LogP contribution in [-0.4, -0.2) is 26.8 Å². The van der Waals surface area contributed by atoms with Crippen LogP contribution in [0.2, 0.25) is 0 Å². The second kappa shape index (κ2) is 8.09. The highest BCUT2D eigenvalue weighted by Gasteiger charge is 2.26. The fourth-order valence-electron chi connectivity index (χ4n) is 3.44. The van der Waals surface area contributed by atoms with Gasteiger partial charge in [-0.2, -0.15) is 0 Å². The van der Waals surface area contributed by atoms with Crippen LogP contribution in [-0.2, 0) is 4.79 Å². The number of benzene rings is 1. The fraction of sp³-hybridized carbons (Fsp3) is 0.500. The number of para-hydroxylation sites is 1. The Morgan fingerprint density at radius 3 is 2.84 bits per heavy atom. The minimum atomic E-state index is -0.167. The maximum atomic E-state index is 12.6. The van der Waals surface area contributed by atoms with Crippen molar-refractivity contribution in [3.8, 4) is 5.69 Å². The van der Waals surface area contributed by atoms with Crippen LogP contribution in [0.5, 0.6) is 0 Å². The first-order valence-corrected chi connectivity index (χ1v) is 10.0. The maximum absolute atomic E-state index is 12.6. The second-order valence-corrected chi connectivity index (χ2v) is 8.31. The number of carbonyl (C=O) groups excluding carboxylic acids is 1. The first-order chi connectivity index (χ1) is 12.1. The monoisotopic (exact) mass is 357 g/mol. The third-order valence-electron chi connectivity index (χ3n) is 5.07. The number of imidazole rings is 1. The van der Waals surface area contributed by atoms with Crippen LogP contribution in [0.3, 0.4) is 0 Å². The molecule has 1 aromatic carbocycles. The average Bonchev–Trinajstić information content (AvgIpc) is 3.05. The molecule has 1 aliphatic rings. The molecule has 0 saturated heterocycles. The van der Waals surface area contributed by atoms with Crippen LogP contribution in [0.15, 0.2) is 41.8 Å². The van der Waals surface area contributed by atoms with E-state index in [2.05, 4.69) is 40.8 Å². The number of hydrogen-bond donors (Lipinski definition) is 1. The molecule has 4 nitrogen and oxygen atoms in total. The van der Waals surface area contributed by atoms with Crippen molar-refractivity contribution < 1.29 is 4.79 Å². The van der Waals surface area contributed by atoms with E-state index in [4.69, 9.17) is 0 Å². The Balaban J connectivity index is 1.67. The lowest BCUT2D eigenvalue weighted by Gasteiger charge is -2.30. The molecule has 3 atom stereocenters. The zero-order chi connectivity index (χ0) is 17.8. The molecular formula is C20H27N3OS. The molecule has 1 saturated carbocycles. The summed E-state index contributed by atoms with van der Waals surface area (Å²) in [5.41, 5.74) is 2.30. The molecule has 25 heavy (non-hydrogen) atoms. The van der Waals surface area contributed by atoms with E-state index in [-0.39, 0.29) is 11.2 Å². The summed E-state index contributed by atoms with van der Waals surface area (Å²) in [6.45, 7) is 6.29. The molecule has 0 unspecified atom stereocenters. The van der Waals surface area contributed by atoms with Gasteiger partial charge in [0.25, 0.3) is 0 Å². The molecule has 5 heteroatoms. The summed E-state index contributed by atoms with van der Waals surface area (Å²) in [4.78, 5) is 17.1. The summed E-state index contributed by atoms with van der Waals surface area (Å²) in [6.07, 6.45) is 8.56. The number of aryl methyl sites for hydroxylation is 1. The number of rotatable bonds is 5. The van der Waals surface area contributed by atoms with Crippen LogP contribution in [0.4, 0.5) is 0 Å². The van der Waals surface area contributed by atoms with Crippen molar-refractivity contribution in [1.82, 2.24) is 14.9 Å². The van der Waals surface area contributed by atoms with Gasteiger partial charge in [0.2, 0.25) is 5.91 Å². The number of hydrogen-bond acceptors (Lipinski definition) is 3. The number of nitrogens with zero attached hydrogens (tertiary/aromatic N) is 2. The van der Waals surface area contributed by atoms with Gasteiger partial charge in [-0.1, -0.05) is 49.7 Å². The molecule has 0 bridgehead atoms. The zero-order valence-electron chi connectivity index (χ0n) is 15.2. The van der Waals surface area contributed by atoms with Gasteiger partial charge in [-0.3, -0.25) is 9.36 Å². The molecule has 1 amide bonds. The third-order valence-corrected chi connectivity index (χ3v) is 6.15. The van der Waals surface area contributed by atoms with Gasteiger partial charge in [0.1, 0.15) is 0 Å². The van der Waals surface area contributed by atoms with Crippen molar-refractivity contribution in [2.75, 3.05) is 0 Å². The Bertz CT molecular complexity index is 727. The predicted molar refractivity (Wildman–Crippen MR) is 103 cm³/mol. The first-order valence-electron chi connectivity index (χ1n) is 9.12. The van der Waals surface area contributed by atoms with Gasteiger partial charge >= 0.3 is 0 Å². The number of carbonyl (C=O) groups is 1. The second-order valence-electron chi connectivity index (χ2n) is 7.00. The molecule has 0 radical (unpaired) electrons. The van der Waals surface area contributed by atoms with E-state index in [1.165, 1.54) is 36.6 Å². The fourth-order valence-corrected chi connectivity index (χ4v) is 4.32. The highest BCUT2D eigenvalue weighted by molar-refractivity contribution is 8.00. The molecule has 0 spiro atoms. The van der Waals surface area contributed by atoms with E-state index >= 15 is 0 Å². The lowest BCUT2D eigenvalue weighted by atomic mass is 9.86. The summed E-state index contributed by atoms with van der Waals surface area (Å²) in [7, 11) is 0. The summed E-state index contributed by atoms with van der Waals surface area (Å²) in [5.74, 6) is 0.687.